The zero-order valence-corrected chi connectivity index (χ0v) is 11.9. The summed E-state index contributed by atoms with van der Waals surface area (Å²) in [6.07, 6.45) is 2.94. The molecule has 0 aliphatic rings. The number of nitrogens with one attached hydrogen (secondary N) is 1. The number of carboxylic acids is 1. The van der Waals surface area contributed by atoms with Gasteiger partial charge in [-0.2, -0.15) is 0 Å². The third-order valence-corrected chi connectivity index (χ3v) is 2.40. The molecule has 0 aliphatic carbocycles. The van der Waals surface area contributed by atoms with E-state index >= 15 is 0 Å². The van der Waals surface area contributed by atoms with Crippen molar-refractivity contribution in [2.75, 3.05) is 13.7 Å². The summed E-state index contributed by atoms with van der Waals surface area (Å²) in [5.74, 6) is -0.707. The molecule has 2 N–H and O–H groups in total. The molecule has 0 spiro atoms. The van der Waals surface area contributed by atoms with Crippen LogP contribution in [0, 0.1) is 0 Å². The van der Waals surface area contributed by atoms with Gasteiger partial charge in [0.2, 0.25) is 5.91 Å². The molecule has 0 heterocycles. The quantitative estimate of drug-likeness (QED) is 0.591. The van der Waals surface area contributed by atoms with Crippen molar-refractivity contribution in [3.05, 3.63) is 42.1 Å². The van der Waals surface area contributed by atoms with Gasteiger partial charge in [0.05, 0.1) is 7.11 Å². The Hall–Kier alpha value is -2.76. The van der Waals surface area contributed by atoms with Crippen LogP contribution in [0.15, 0.2) is 36.6 Å². The van der Waals surface area contributed by atoms with Gasteiger partial charge < -0.3 is 19.9 Å². The van der Waals surface area contributed by atoms with Crippen molar-refractivity contribution in [3.63, 3.8) is 0 Å². The first kappa shape index (κ1) is 16.3. The van der Waals surface area contributed by atoms with Gasteiger partial charge in [-0.25, -0.2) is 4.79 Å². The van der Waals surface area contributed by atoms with Gasteiger partial charge in [0.25, 0.3) is 0 Å². The molecule has 0 atom stereocenters. The average Bonchev–Trinajstić information content (AvgIpc) is 2.44. The maximum Gasteiger partial charge on any atom is 0.352 e. The highest BCUT2D eigenvalue weighted by Crippen LogP contribution is 2.28. The van der Waals surface area contributed by atoms with Crippen molar-refractivity contribution < 1.29 is 24.2 Å². The van der Waals surface area contributed by atoms with Crippen LogP contribution in [0.1, 0.15) is 12.5 Å². The standard InChI is InChI=1S/C15H17NO5/c1-4-7-21-13-6-5-11(9-14(13)20-3)8-12(15(18)19)16-10(2)17/h4-6,8-9H,1,7H2,2-3H3,(H,16,17)(H,18,19)/b12-8+. The zero-order valence-electron chi connectivity index (χ0n) is 11.9. The third kappa shape index (κ3) is 5.02. The Labute approximate surface area is 122 Å². The van der Waals surface area contributed by atoms with Gasteiger partial charge in [-0.1, -0.05) is 18.7 Å². The number of benzene rings is 1. The summed E-state index contributed by atoms with van der Waals surface area (Å²) < 4.78 is 10.6. The largest absolute Gasteiger partial charge is 0.493 e. The van der Waals surface area contributed by atoms with Crippen LogP contribution >= 0.6 is 0 Å². The van der Waals surface area contributed by atoms with Crippen LogP contribution in [0.2, 0.25) is 0 Å². The van der Waals surface area contributed by atoms with Gasteiger partial charge in [0.15, 0.2) is 11.5 Å². The SMILES string of the molecule is C=CCOc1ccc(/C=C(/NC(C)=O)C(=O)O)cc1OC. The second kappa shape index (κ2) is 7.74. The number of hydrogen-bond donors (Lipinski definition) is 2. The van der Waals surface area contributed by atoms with E-state index < -0.39 is 11.9 Å². The maximum atomic E-state index is 11.1. The molecule has 1 rings (SSSR count). The molecule has 0 aliphatic heterocycles. The minimum Gasteiger partial charge on any atom is -0.493 e. The number of hydrogen-bond acceptors (Lipinski definition) is 4. The molecule has 0 bridgehead atoms. The molecular weight excluding hydrogens is 274 g/mol. The Balaban J connectivity index is 3.09. The molecule has 0 unspecified atom stereocenters. The number of amides is 1. The topological polar surface area (TPSA) is 84.9 Å². The highest BCUT2D eigenvalue weighted by atomic mass is 16.5. The predicted octanol–water partition coefficient (Wildman–Crippen LogP) is 1.82. The number of ether oxygens (including phenoxy) is 2. The minimum atomic E-state index is -1.23. The number of methoxy groups -OCH3 is 1. The number of aliphatic carboxylic acids is 1. The van der Waals surface area contributed by atoms with E-state index in [1.165, 1.54) is 20.1 Å². The Bertz CT molecular complexity index is 577. The molecule has 6 heteroatoms. The zero-order chi connectivity index (χ0) is 15.8. The molecule has 0 radical (unpaired) electrons. The monoisotopic (exact) mass is 291 g/mol. The van der Waals surface area contributed by atoms with Crippen molar-refractivity contribution in [2.45, 2.75) is 6.92 Å². The number of carbonyl (C=O) groups is 2. The van der Waals surface area contributed by atoms with Gasteiger partial charge in [0, 0.05) is 6.92 Å². The molecule has 0 aromatic heterocycles. The maximum absolute atomic E-state index is 11.1. The smallest absolute Gasteiger partial charge is 0.352 e. The highest BCUT2D eigenvalue weighted by Gasteiger charge is 2.10. The molecule has 1 amide bonds. The van der Waals surface area contributed by atoms with Gasteiger partial charge in [-0.15, -0.1) is 0 Å². The van der Waals surface area contributed by atoms with Crippen LogP contribution in [0.4, 0.5) is 0 Å². The molecule has 0 saturated carbocycles. The van der Waals surface area contributed by atoms with Crippen LogP contribution in [0.3, 0.4) is 0 Å². The van der Waals surface area contributed by atoms with Crippen molar-refractivity contribution in [1.82, 2.24) is 5.32 Å². The summed E-state index contributed by atoms with van der Waals surface area (Å²) in [6, 6.07) is 4.93. The van der Waals surface area contributed by atoms with Gasteiger partial charge in [-0.3, -0.25) is 4.79 Å². The number of rotatable bonds is 7. The van der Waals surface area contributed by atoms with Gasteiger partial charge >= 0.3 is 5.97 Å². The van der Waals surface area contributed by atoms with E-state index in [4.69, 9.17) is 14.6 Å². The average molecular weight is 291 g/mol. The van der Waals surface area contributed by atoms with Gasteiger partial charge in [0.1, 0.15) is 12.3 Å². The first-order valence-electron chi connectivity index (χ1n) is 6.12. The van der Waals surface area contributed by atoms with Crippen LogP contribution in [0.25, 0.3) is 6.08 Å². The summed E-state index contributed by atoms with van der Waals surface area (Å²) >= 11 is 0. The van der Waals surface area contributed by atoms with E-state index in [0.717, 1.165) is 0 Å². The summed E-state index contributed by atoms with van der Waals surface area (Å²) in [5, 5.41) is 11.3. The molecule has 0 fully saturated rings. The van der Waals surface area contributed by atoms with E-state index in [-0.39, 0.29) is 5.70 Å². The highest BCUT2D eigenvalue weighted by molar-refractivity contribution is 5.96. The molecular formula is C15H17NO5. The Morgan fingerprint density at radius 2 is 2.10 bits per heavy atom. The lowest BCUT2D eigenvalue weighted by atomic mass is 10.1. The van der Waals surface area contributed by atoms with Gasteiger partial charge in [-0.05, 0) is 23.8 Å². The number of carbonyl (C=O) groups excluding carboxylic acids is 1. The fourth-order valence-corrected chi connectivity index (χ4v) is 1.55. The minimum absolute atomic E-state index is 0.218. The van der Waals surface area contributed by atoms with E-state index in [1.54, 1.807) is 24.3 Å². The molecule has 112 valence electrons. The van der Waals surface area contributed by atoms with E-state index in [0.29, 0.717) is 23.7 Å². The van der Waals surface area contributed by atoms with Crippen molar-refractivity contribution in [1.29, 1.82) is 0 Å². The molecule has 21 heavy (non-hydrogen) atoms. The summed E-state index contributed by atoms with van der Waals surface area (Å²) in [5.41, 5.74) is 0.341. The lowest BCUT2D eigenvalue weighted by Gasteiger charge is -2.10. The van der Waals surface area contributed by atoms with Crippen LogP contribution in [-0.4, -0.2) is 30.7 Å². The molecule has 1 aromatic carbocycles. The number of carboxylic acid groups (broad SMARTS) is 1. The lowest BCUT2D eigenvalue weighted by molar-refractivity contribution is -0.134. The predicted molar refractivity (Wildman–Crippen MR) is 78.1 cm³/mol. The molecule has 6 nitrogen and oxygen atoms in total. The summed E-state index contributed by atoms with van der Waals surface area (Å²) in [4.78, 5) is 22.0. The Morgan fingerprint density at radius 3 is 2.62 bits per heavy atom. The van der Waals surface area contributed by atoms with Crippen molar-refractivity contribution in [2.24, 2.45) is 0 Å². The first-order valence-corrected chi connectivity index (χ1v) is 6.12. The van der Waals surface area contributed by atoms with Crippen LogP contribution in [-0.2, 0) is 9.59 Å². The summed E-state index contributed by atoms with van der Waals surface area (Å²) in [6.45, 7) is 5.13. The fourth-order valence-electron chi connectivity index (χ4n) is 1.55. The first-order chi connectivity index (χ1) is 9.97. The fraction of sp³-hybridized carbons (Fsp3) is 0.200. The van der Waals surface area contributed by atoms with E-state index in [9.17, 15) is 9.59 Å². The van der Waals surface area contributed by atoms with E-state index in [2.05, 4.69) is 11.9 Å². The molecule has 1 aromatic rings. The second-order valence-corrected chi connectivity index (χ2v) is 4.05. The Morgan fingerprint density at radius 1 is 1.38 bits per heavy atom. The normalized spacial score (nSPS) is 10.7. The molecule has 0 saturated heterocycles. The van der Waals surface area contributed by atoms with Crippen molar-refractivity contribution in [3.8, 4) is 11.5 Å². The Kier molecular flexibility index (Phi) is 6.00. The van der Waals surface area contributed by atoms with Crippen LogP contribution < -0.4 is 14.8 Å². The summed E-state index contributed by atoms with van der Waals surface area (Å²) in [7, 11) is 1.48. The van der Waals surface area contributed by atoms with Crippen LogP contribution in [0.5, 0.6) is 11.5 Å². The third-order valence-electron chi connectivity index (χ3n) is 2.40. The lowest BCUT2D eigenvalue weighted by Crippen LogP contribution is -2.24. The second-order valence-electron chi connectivity index (χ2n) is 4.05. The van der Waals surface area contributed by atoms with Crippen molar-refractivity contribution >= 4 is 18.0 Å². The van der Waals surface area contributed by atoms with E-state index in [1.807, 2.05) is 0 Å².